The Labute approximate surface area is 102 Å². The van der Waals surface area contributed by atoms with Crippen molar-refractivity contribution >= 4 is 17.7 Å². The first-order valence-corrected chi connectivity index (χ1v) is 5.30. The number of aliphatic carboxylic acids is 1. The SMILES string of the molecule is O=C(Nc1cncnc1)NC1COCC1C(=O)O. The van der Waals surface area contributed by atoms with Gasteiger partial charge in [-0.05, 0) is 0 Å². The van der Waals surface area contributed by atoms with Crippen molar-refractivity contribution in [2.75, 3.05) is 18.5 Å². The van der Waals surface area contributed by atoms with Crippen LogP contribution in [0.1, 0.15) is 0 Å². The lowest BCUT2D eigenvalue weighted by Gasteiger charge is -2.15. The maximum atomic E-state index is 11.6. The number of carbonyl (C=O) groups is 2. The Bertz CT molecular complexity index is 439. The summed E-state index contributed by atoms with van der Waals surface area (Å²) in [5.41, 5.74) is 0.431. The fraction of sp³-hybridized carbons (Fsp3) is 0.400. The number of carbonyl (C=O) groups excluding carboxylic acids is 1. The molecule has 2 amide bonds. The van der Waals surface area contributed by atoms with E-state index in [9.17, 15) is 9.59 Å². The highest BCUT2D eigenvalue weighted by molar-refractivity contribution is 5.89. The number of carboxylic acids is 1. The number of rotatable bonds is 3. The fourth-order valence-corrected chi connectivity index (χ4v) is 1.64. The second-order valence-corrected chi connectivity index (χ2v) is 3.81. The number of amides is 2. The molecule has 1 aliphatic heterocycles. The molecule has 0 saturated carbocycles. The van der Waals surface area contributed by atoms with Gasteiger partial charge >= 0.3 is 12.0 Å². The van der Waals surface area contributed by atoms with Crippen molar-refractivity contribution in [1.82, 2.24) is 15.3 Å². The van der Waals surface area contributed by atoms with E-state index >= 15 is 0 Å². The number of hydrogen-bond acceptors (Lipinski definition) is 5. The maximum Gasteiger partial charge on any atom is 0.319 e. The van der Waals surface area contributed by atoms with Crippen LogP contribution >= 0.6 is 0 Å². The number of nitrogens with zero attached hydrogens (tertiary/aromatic N) is 2. The summed E-state index contributed by atoms with van der Waals surface area (Å²) in [6.07, 6.45) is 4.22. The third-order valence-corrected chi connectivity index (χ3v) is 2.53. The minimum absolute atomic E-state index is 0.106. The van der Waals surface area contributed by atoms with Crippen molar-refractivity contribution in [3.8, 4) is 0 Å². The minimum atomic E-state index is -0.985. The summed E-state index contributed by atoms with van der Waals surface area (Å²) in [6.45, 7) is 0.296. The predicted octanol–water partition coefficient (Wildman–Crippen LogP) is -0.302. The molecule has 8 nitrogen and oxygen atoms in total. The van der Waals surface area contributed by atoms with Crippen LogP contribution in [0, 0.1) is 5.92 Å². The largest absolute Gasteiger partial charge is 0.481 e. The molecule has 0 aliphatic carbocycles. The molecule has 1 saturated heterocycles. The molecule has 3 N–H and O–H groups in total. The highest BCUT2D eigenvalue weighted by atomic mass is 16.5. The lowest BCUT2D eigenvalue weighted by atomic mass is 10.0. The summed E-state index contributed by atoms with van der Waals surface area (Å²) in [7, 11) is 0. The van der Waals surface area contributed by atoms with Gasteiger partial charge < -0.3 is 20.5 Å². The average Bonchev–Trinajstić information content (AvgIpc) is 2.78. The molecule has 2 rings (SSSR count). The highest BCUT2D eigenvalue weighted by Crippen LogP contribution is 2.14. The van der Waals surface area contributed by atoms with Crippen molar-refractivity contribution in [2.24, 2.45) is 5.92 Å². The molecule has 0 spiro atoms. The van der Waals surface area contributed by atoms with Gasteiger partial charge in [0.25, 0.3) is 0 Å². The highest BCUT2D eigenvalue weighted by Gasteiger charge is 2.35. The maximum absolute atomic E-state index is 11.6. The minimum Gasteiger partial charge on any atom is -0.481 e. The third kappa shape index (κ3) is 2.92. The number of urea groups is 1. The Morgan fingerprint density at radius 1 is 1.33 bits per heavy atom. The number of anilines is 1. The summed E-state index contributed by atoms with van der Waals surface area (Å²) >= 11 is 0. The Hall–Kier alpha value is -2.22. The molecular formula is C10H12N4O4. The molecule has 1 aliphatic rings. The molecule has 8 heteroatoms. The van der Waals surface area contributed by atoms with Crippen LogP contribution in [-0.4, -0.2) is 46.3 Å². The van der Waals surface area contributed by atoms with E-state index in [-0.39, 0.29) is 13.2 Å². The van der Waals surface area contributed by atoms with Crippen molar-refractivity contribution in [3.63, 3.8) is 0 Å². The third-order valence-electron chi connectivity index (χ3n) is 2.53. The molecule has 2 atom stereocenters. The normalized spacial score (nSPS) is 22.4. The summed E-state index contributed by atoms with van der Waals surface area (Å²) in [5.74, 6) is -1.70. The van der Waals surface area contributed by atoms with Gasteiger partial charge in [-0.2, -0.15) is 0 Å². The van der Waals surface area contributed by atoms with E-state index < -0.39 is 24.0 Å². The second-order valence-electron chi connectivity index (χ2n) is 3.81. The summed E-state index contributed by atoms with van der Waals surface area (Å²) < 4.78 is 5.03. The first-order chi connectivity index (χ1) is 8.66. The molecule has 2 heterocycles. The molecule has 18 heavy (non-hydrogen) atoms. The molecule has 1 aromatic heterocycles. The van der Waals surface area contributed by atoms with E-state index in [1.54, 1.807) is 0 Å². The zero-order chi connectivity index (χ0) is 13.0. The van der Waals surface area contributed by atoms with Crippen LogP contribution in [0.2, 0.25) is 0 Å². The van der Waals surface area contributed by atoms with E-state index in [4.69, 9.17) is 9.84 Å². The van der Waals surface area contributed by atoms with E-state index in [0.717, 1.165) is 0 Å². The van der Waals surface area contributed by atoms with Crippen molar-refractivity contribution < 1.29 is 19.4 Å². The molecule has 1 aromatic rings. The van der Waals surface area contributed by atoms with E-state index in [2.05, 4.69) is 20.6 Å². The van der Waals surface area contributed by atoms with E-state index in [1.807, 2.05) is 0 Å². The van der Waals surface area contributed by atoms with Gasteiger partial charge in [0.05, 0.1) is 37.3 Å². The van der Waals surface area contributed by atoms with Gasteiger partial charge in [-0.15, -0.1) is 0 Å². The number of nitrogens with one attached hydrogen (secondary N) is 2. The predicted molar refractivity (Wildman–Crippen MR) is 59.9 cm³/mol. The first kappa shape index (κ1) is 12.2. The zero-order valence-corrected chi connectivity index (χ0v) is 9.37. The summed E-state index contributed by atoms with van der Waals surface area (Å²) in [5, 5.41) is 14.0. The molecular weight excluding hydrogens is 240 g/mol. The summed E-state index contributed by atoms with van der Waals surface area (Å²) in [4.78, 5) is 30.0. The topological polar surface area (TPSA) is 113 Å². The Morgan fingerprint density at radius 3 is 2.72 bits per heavy atom. The van der Waals surface area contributed by atoms with Crippen molar-refractivity contribution in [3.05, 3.63) is 18.7 Å². The first-order valence-electron chi connectivity index (χ1n) is 5.30. The van der Waals surface area contributed by atoms with Gasteiger partial charge in [0.15, 0.2) is 0 Å². The molecule has 0 bridgehead atoms. The monoisotopic (exact) mass is 252 g/mol. The molecule has 1 fully saturated rings. The quantitative estimate of drug-likeness (QED) is 0.680. The summed E-state index contributed by atoms with van der Waals surface area (Å²) in [6, 6.07) is -1.04. The van der Waals surface area contributed by atoms with E-state index in [1.165, 1.54) is 18.7 Å². The number of ether oxygens (including phenoxy) is 1. The smallest absolute Gasteiger partial charge is 0.319 e. The Balaban J connectivity index is 1.90. The molecule has 96 valence electrons. The van der Waals surface area contributed by atoms with Crippen LogP contribution in [0.25, 0.3) is 0 Å². The van der Waals surface area contributed by atoms with Crippen molar-refractivity contribution in [1.29, 1.82) is 0 Å². The number of hydrogen-bond donors (Lipinski definition) is 3. The number of carboxylic acid groups (broad SMARTS) is 1. The lowest BCUT2D eigenvalue weighted by molar-refractivity contribution is -0.142. The Morgan fingerprint density at radius 2 is 2.06 bits per heavy atom. The van der Waals surface area contributed by atoms with Crippen LogP contribution in [0.3, 0.4) is 0 Å². The van der Waals surface area contributed by atoms with Gasteiger partial charge in [-0.25, -0.2) is 14.8 Å². The fourth-order valence-electron chi connectivity index (χ4n) is 1.64. The second kappa shape index (κ2) is 5.41. The van der Waals surface area contributed by atoms with Gasteiger partial charge in [-0.1, -0.05) is 0 Å². The molecule has 0 aromatic carbocycles. The van der Waals surface area contributed by atoms with Gasteiger partial charge in [0.2, 0.25) is 0 Å². The zero-order valence-electron chi connectivity index (χ0n) is 9.37. The van der Waals surface area contributed by atoms with Crippen LogP contribution in [0.5, 0.6) is 0 Å². The Kier molecular flexibility index (Phi) is 3.68. The standard InChI is InChI=1S/C10H12N4O4/c15-9(16)7-3-18-4-8(7)14-10(17)13-6-1-11-5-12-2-6/h1-2,5,7-8H,3-4H2,(H,15,16)(H2,13,14,17). The van der Waals surface area contributed by atoms with Gasteiger partial charge in [-0.3, -0.25) is 4.79 Å². The van der Waals surface area contributed by atoms with Crippen molar-refractivity contribution in [2.45, 2.75) is 6.04 Å². The molecule has 0 radical (unpaired) electrons. The van der Waals surface area contributed by atoms with Crippen LogP contribution in [0.4, 0.5) is 10.5 Å². The van der Waals surface area contributed by atoms with Crippen LogP contribution < -0.4 is 10.6 Å². The lowest BCUT2D eigenvalue weighted by Crippen LogP contribution is -2.44. The average molecular weight is 252 g/mol. The van der Waals surface area contributed by atoms with Crippen LogP contribution in [-0.2, 0) is 9.53 Å². The number of aromatic nitrogens is 2. The van der Waals surface area contributed by atoms with E-state index in [0.29, 0.717) is 5.69 Å². The van der Waals surface area contributed by atoms with Gasteiger partial charge in [0.1, 0.15) is 12.2 Å². The molecule has 2 unspecified atom stereocenters. The van der Waals surface area contributed by atoms with Gasteiger partial charge in [0, 0.05) is 0 Å². The van der Waals surface area contributed by atoms with Crippen LogP contribution in [0.15, 0.2) is 18.7 Å².